The highest BCUT2D eigenvalue weighted by Crippen LogP contribution is 2.28. The maximum absolute atomic E-state index is 13.8. The third kappa shape index (κ3) is 3.85. The molecule has 1 aliphatic rings. The minimum absolute atomic E-state index is 0.0282. The lowest BCUT2D eigenvalue weighted by molar-refractivity contribution is -0.221. The number of halogens is 1. The van der Waals surface area contributed by atoms with Crippen molar-refractivity contribution in [3.05, 3.63) is 65.5 Å². The first-order valence-electron chi connectivity index (χ1n) is 8.12. The highest BCUT2D eigenvalue weighted by Gasteiger charge is 2.39. The fourth-order valence-electron chi connectivity index (χ4n) is 2.67. The molecule has 6 nitrogen and oxygen atoms in total. The van der Waals surface area contributed by atoms with Crippen LogP contribution in [0.1, 0.15) is 22.2 Å². The van der Waals surface area contributed by atoms with Crippen LogP contribution in [0.2, 0.25) is 0 Å². The third-order valence-electron chi connectivity index (χ3n) is 4.21. The number of amides is 1. The number of nitrogens with one attached hydrogen (secondary N) is 1. The van der Waals surface area contributed by atoms with Crippen LogP contribution in [-0.2, 0) is 9.47 Å². The second kappa shape index (κ2) is 7.82. The van der Waals surface area contributed by atoms with Crippen LogP contribution in [0.25, 0.3) is 0 Å². The van der Waals surface area contributed by atoms with Crippen LogP contribution >= 0.6 is 0 Å². The average molecular weight is 361 g/mol. The molecule has 26 heavy (non-hydrogen) atoms. The van der Waals surface area contributed by atoms with E-state index in [1.165, 1.54) is 18.2 Å². The van der Waals surface area contributed by atoms with Crippen molar-refractivity contribution < 1.29 is 28.5 Å². The van der Waals surface area contributed by atoms with Crippen LogP contribution in [0, 0.1) is 5.82 Å². The number of benzene rings is 2. The molecule has 1 amide bonds. The van der Waals surface area contributed by atoms with Crippen LogP contribution in [0.3, 0.4) is 0 Å². The van der Waals surface area contributed by atoms with E-state index in [1.807, 2.05) is 12.1 Å². The van der Waals surface area contributed by atoms with Gasteiger partial charge in [0.15, 0.2) is 6.29 Å². The van der Waals surface area contributed by atoms with Gasteiger partial charge in [0.2, 0.25) is 0 Å². The summed E-state index contributed by atoms with van der Waals surface area (Å²) in [5, 5.41) is 12.4. The van der Waals surface area contributed by atoms with Crippen molar-refractivity contribution in [2.45, 2.75) is 11.8 Å². The molecule has 0 aromatic heterocycles. The first-order chi connectivity index (χ1) is 12.6. The van der Waals surface area contributed by atoms with Crippen LogP contribution in [-0.4, -0.2) is 43.5 Å². The summed E-state index contributed by atoms with van der Waals surface area (Å²) in [5.74, 6) is -0.550. The van der Waals surface area contributed by atoms with Crippen molar-refractivity contribution >= 4 is 5.91 Å². The normalized spacial score (nSPS) is 22.7. The Morgan fingerprint density at radius 2 is 1.88 bits per heavy atom. The zero-order valence-electron chi connectivity index (χ0n) is 14.3. The summed E-state index contributed by atoms with van der Waals surface area (Å²) in [6.07, 6.45) is -0.619. The third-order valence-corrected chi connectivity index (χ3v) is 4.21. The summed E-state index contributed by atoms with van der Waals surface area (Å²) in [6, 6.07) is 12.8. The number of carbonyl (C=O) groups excluding carboxylic acids is 1. The molecule has 138 valence electrons. The highest BCUT2D eigenvalue weighted by atomic mass is 19.1. The van der Waals surface area contributed by atoms with E-state index in [0.29, 0.717) is 5.75 Å². The van der Waals surface area contributed by atoms with E-state index >= 15 is 0 Å². The van der Waals surface area contributed by atoms with Crippen molar-refractivity contribution in [1.29, 1.82) is 0 Å². The quantitative estimate of drug-likeness (QED) is 0.852. The number of aliphatic hydroxyl groups is 1. The maximum Gasteiger partial charge on any atom is 0.254 e. The van der Waals surface area contributed by atoms with Gasteiger partial charge < -0.3 is 24.6 Å². The molecular weight excluding hydrogens is 341 g/mol. The molecule has 1 aliphatic heterocycles. The van der Waals surface area contributed by atoms with Crippen molar-refractivity contribution in [3.63, 3.8) is 0 Å². The van der Waals surface area contributed by atoms with Crippen molar-refractivity contribution in [3.8, 4) is 5.75 Å². The monoisotopic (exact) mass is 361 g/mol. The lowest BCUT2D eigenvalue weighted by Crippen LogP contribution is -2.60. The number of aliphatic hydroxyl groups excluding tert-OH is 1. The van der Waals surface area contributed by atoms with Gasteiger partial charge in [0.1, 0.15) is 17.1 Å². The molecule has 0 saturated carbocycles. The first-order valence-corrected chi connectivity index (χ1v) is 8.12. The molecule has 0 bridgehead atoms. The van der Waals surface area contributed by atoms with Gasteiger partial charge in [0.05, 0.1) is 32.5 Å². The molecule has 0 atom stereocenters. The van der Waals surface area contributed by atoms with E-state index in [4.69, 9.17) is 14.2 Å². The Morgan fingerprint density at radius 1 is 1.23 bits per heavy atom. The van der Waals surface area contributed by atoms with Gasteiger partial charge in [0.25, 0.3) is 5.91 Å². The molecule has 1 saturated heterocycles. The van der Waals surface area contributed by atoms with E-state index in [1.54, 1.807) is 25.3 Å². The number of ether oxygens (including phenoxy) is 3. The summed E-state index contributed by atoms with van der Waals surface area (Å²) < 4.78 is 30.2. The molecule has 2 aromatic carbocycles. The Morgan fingerprint density at radius 3 is 2.46 bits per heavy atom. The highest BCUT2D eigenvalue weighted by molar-refractivity contribution is 5.95. The molecule has 0 unspecified atom stereocenters. The SMILES string of the molecule is COc1ccc(C2OCC(CO)(NC(=O)c3ccccc3F)CO2)cc1. The molecule has 1 fully saturated rings. The zero-order chi connectivity index (χ0) is 18.6. The van der Waals surface area contributed by atoms with Gasteiger partial charge in [-0.25, -0.2) is 4.39 Å². The molecule has 1 heterocycles. The van der Waals surface area contributed by atoms with Crippen LogP contribution < -0.4 is 10.1 Å². The van der Waals surface area contributed by atoms with Gasteiger partial charge in [-0.1, -0.05) is 24.3 Å². The second-order valence-electron chi connectivity index (χ2n) is 6.10. The van der Waals surface area contributed by atoms with Crippen molar-refractivity contribution in [2.24, 2.45) is 0 Å². The predicted octanol–water partition coefficient (Wildman–Crippen LogP) is 2.04. The van der Waals surface area contributed by atoms with Gasteiger partial charge in [0, 0.05) is 5.56 Å². The molecule has 3 rings (SSSR count). The Kier molecular flexibility index (Phi) is 5.51. The number of hydrogen-bond acceptors (Lipinski definition) is 5. The van der Waals surface area contributed by atoms with Gasteiger partial charge >= 0.3 is 0 Å². The molecule has 0 aliphatic carbocycles. The minimum atomic E-state index is -1.14. The van der Waals surface area contributed by atoms with Gasteiger partial charge in [-0.15, -0.1) is 0 Å². The van der Waals surface area contributed by atoms with Gasteiger partial charge in [-0.2, -0.15) is 0 Å². The largest absolute Gasteiger partial charge is 0.497 e. The number of methoxy groups -OCH3 is 1. The number of rotatable bonds is 5. The molecule has 0 spiro atoms. The Bertz CT molecular complexity index is 757. The standard InChI is InChI=1S/C19H20FNO5/c1-24-14-8-6-13(7-9-14)18-25-11-19(10-22,12-26-18)21-17(23)15-4-2-3-5-16(15)20/h2-9,18,22H,10-12H2,1H3,(H,21,23). The number of carbonyl (C=O) groups is 1. The van der Waals surface area contributed by atoms with E-state index in [-0.39, 0.29) is 18.8 Å². The summed E-state index contributed by atoms with van der Waals surface area (Å²) >= 11 is 0. The molecule has 7 heteroatoms. The van der Waals surface area contributed by atoms with E-state index < -0.39 is 30.2 Å². The summed E-state index contributed by atoms with van der Waals surface area (Å²) in [6.45, 7) is -0.344. The van der Waals surface area contributed by atoms with E-state index in [2.05, 4.69) is 5.32 Å². The van der Waals surface area contributed by atoms with Crippen LogP contribution in [0.5, 0.6) is 5.75 Å². The lowest BCUT2D eigenvalue weighted by atomic mass is 10.0. The zero-order valence-corrected chi connectivity index (χ0v) is 14.3. The Hall–Kier alpha value is -2.48. The fraction of sp³-hybridized carbons (Fsp3) is 0.316. The molecule has 0 radical (unpaired) electrons. The van der Waals surface area contributed by atoms with Gasteiger partial charge in [-0.3, -0.25) is 4.79 Å². The predicted molar refractivity (Wildman–Crippen MR) is 91.3 cm³/mol. The van der Waals surface area contributed by atoms with E-state index in [9.17, 15) is 14.3 Å². The summed E-state index contributed by atoms with van der Waals surface area (Å²) in [4.78, 5) is 12.3. The lowest BCUT2D eigenvalue weighted by Gasteiger charge is -2.39. The Balaban J connectivity index is 1.66. The van der Waals surface area contributed by atoms with Crippen molar-refractivity contribution in [2.75, 3.05) is 26.9 Å². The maximum atomic E-state index is 13.8. The minimum Gasteiger partial charge on any atom is -0.497 e. The van der Waals surface area contributed by atoms with Crippen LogP contribution in [0.15, 0.2) is 48.5 Å². The topological polar surface area (TPSA) is 77.0 Å². The van der Waals surface area contributed by atoms with Crippen LogP contribution in [0.4, 0.5) is 4.39 Å². The van der Waals surface area contributed by atoms with E-state index in [0.717, 1.165) is 5.56 Å². The van der Waals surface area contributed by atoms with Gasteiger partial charge in [-0.05, 0) is 24.3 Å². The summed E-state index contributed by atoms with van der Waals surface area (Å²) in [7, 11) is 1.58. The van der Waals surface area contributed by atoms with Crippen molar-refractivity contribution in [1.82, 2.24) is 5.32 Å². The molecule has 2 N–H and O–H groups in total. The number of hydrogen-bond donors (Lipinski definition) is 2. The fourth-order valence-corrected chi connectivity index (χ4v) is 2.67. The smallest absolute Gasteiger partial charge is 0.254 e. The molecular formula is C19H20FNO5. The average Bonchev–Trinajstić information content (AvgIpc) is 2.69. The second-order valence-corrected chi connectivity index (χ2v) is 6.10. The summed E-state index contributed by atoms with van der Waals surface area (Å²) in [5.41, 5.74) is -0.446. The Labute approximate surface area is 150 Å². The first kappa shape index (κ1) is 18.3. The molecule has 2 aromatic rings.